The Hall–Kier alpha value is -1.55. The second kappa shape index (κ2) is 11.5. The van der Waals surface area contributed by atoms with Crippen LogP contribution < -0.4 is 10.3 Å². The molecule has 0 spiro atoms. The summed E-state index contributed by atoms with van der Waals surface area (Å²) in [7, 11) is -9.31. The van der Waals surface area contributed by atoms with Crippen LogP contribution in [0.1, 0.15) is 22.0 Å². The average molecular weight is 461 g/mol. The summed E-state index contributed by atoms with van der Waals surface area (Å²) in [5.41, 5.74) is 10.0. The van der Waals surface area contributed by atoms with Gasteiger partial charge in [-0.15, -0.1) is 0 Å². The minimum atomic E-state index is -4.67. The van der Waals surface area contributed by atoms with Crippen LogP contribution in [-0.2, 0) is 27.9 Å². The van der Waals surface area contributed by atoms with E-state index in [4.69, 9.17) is 47.6 Å². The molecule has 0 aliphatic rings. The van der Waals surface area contributed by atoms with Crippen molar-refractivity contribution in [3.8, 4) is 0 Å². The number of aryl methyl sites for hydroxylation is 1. The largest absolute Gasteiger partial charge is 0.466 e. The lowest BCUT2D eigenvalue weighted by molar-refractivity contribution is -0.689. The number of nitrogen functional groups attached to an aromatic ring is 1. The van der Waals surface area contributed by atoms with Gasteiger partial charge in [0.05, 0.1) is 10.4 Å². The fourth-order valence-electron chi connectivity index (χ4n) is 1.77. The van der Waals surface area contributed by atoms with Crippen molar-refractivity contribution in [1.82, 2.24) is 9.97 Å². The van der Waals surface area contributed by atoms with Gasteiger partial charge < -0.3 is 25.5 Å². The van der Waals surface area contributed by atoms with Gasteiger partial charge in [0, 0.05) is 26.1 Å². The summed E-state index contributed by atoms with van der Waals surface area (Å²) in [6, 6.07) is 0. The summed E-state index contributed by atoms with van der Waals surface area (Å²) in [6.45, 7) is 4.71. The lowest BCUT2D eigenvalue weighted by Gasteiger charge is -2.01. The summed E-state index contributed by atoms with van der Waals surface area (Å²) in [5.74, 6) is 1.22. The highest BCUT2D eigenvalue weighted by atomic mass is 32.3. The van der Waals surface area contributed by atoms with Gasteiger partial charge in [0.15, 0.2) is 12.2 Å². The van der Waals surface area contributed by atoms with E-state index in [0.717, 1.165) is 11.3 Å². The maximum atomic E-state index is 8.98. The number of aliphatic hydroxyl groups excluding tert-OH is 1. The van der Waals surface area contributed by atoms with E-state index in [-0.39, 0.29) is 6.61 Å². The second-order valence-corrected chi connectivity index (χ2v) is 7.98. The number of thiazole rings is 1. The van der Waals surface area contributed by atoms with Gasteiger partial charge in [0.1, 0.15) is 11.6 Å². The first kappa shape index (κ1) is 26.4. The van der Waals surface area contributed by atoms with Crippen molar-refractivity contribution in [2.24, 2.45) is 0 Å². The number of hydrogen-bond donors (Lipinski definition) is 7. The molecule has 2 aromatic rings. The van der Waals surface area contributed by atoms with Gasteiger partial charge in [-0.25, -0.2) is 14.5 Å². The van der Waals surface area contributed by atoms with Crippen LogP contribution in [0.5, 0.6) is 0 Å². The zero-order valence-corrected chi connectivity index (χ0v) is 17.4. The van der Waals surface area contributed by atoms with Gasteiger partial charge in [-0.3, -0.25) is 9.11 Å². The normalized spacial score (nSPS) is 11.1. The van der Waals surface area contributed by atoms with Gasteiger partial charge in [-0.1, -0.05) is 11.3 Å². The van der Waals surface area contributed by atoms with Crippen LogP contribution in [-0.4, -0.2) is 53.9 Å². The van der Waals surface area contributed by atoms with Crippen molar-refractivity contribution in [2.75, 3.05) is 12.3 Å². The fourth-order valence-corrected chi connectivity index (χ4v) is 2.75. The van der Waals surface area contributed by atoms with Crippen molar-refractivity contribution < 1.29 is 46.4 Å². The van der Waals surface area contributed by atoms with Crippen LogP contribution >= 0.6 is 19.2 Å². The van der Waals surface area contributed by atoms with Gasteiger partial charge in [-0.05, 0) is 6.92 Å². The van der Waals surface area contributed by atoms with E-state index in [9.17, 15) is 0 Å². The van der Waals surface area contributed by atoms with Gasteiger partial charge in [0.2, 0.25) is 5.51 Å². The monoisotopic (exact) mass is 461 g/mol. The molecule has 0 atom stereocenters. The van der Waals surface area contributed by atoms with Crippen molar-refractivity contribution in [2.45, 2.75) is 26.8 Å². The Labute approximate surface area is 165 Å². The Morgan fingerprint density at radius 2 is 1.75 bits per heavy atom. The smallest absolute Gasteiger partial charge is 0.396 e. The zero-order chi connectivity index (χ0) is 22.1. The van der Waals surface area contributed by atoms with E-state index >= 15 is 0 Å². The Kier molecular flexibility index (Phi) is 10.8. The number of hydrogen-bond acceptors (Lipinski definition) is 8. The van der Waals surface area contributed by atoms with Crippen LogP contribution in [0, 0.1) is 13.8 Å². The highest BCUT2D eigenvalue weighted by molar-refractivity contribution is 7.79. The average Bonchev–Trinajstić information content (AvgIpc) is 2.80. The number of nitrogens with zero attached hydrogens (tertiary/aromatic N) is 3. The molecule has 0 radical (unpaired) electrons. The maximum Gasteiger partial charge on any atom is 0.466 e. The van der Waals surface area contributed by atoms with Crippen LogP contribution in [0.3, 0.4) is 0 Å². The van der Waals surface area contributed by atoms with Crippen molar-refractivity contribution in [3.05, 3.63) is 33.7 Å². The highest BCUT2D eigenvalue weighted by Gasteiger charge is 2.17. The van der Waals surface area contributed by atoms with Crippen molar-refractivity contribution in [1.29, 1.82) is 0 Å². The molecule has 0 saturated heterocycles. The Morgan fingerprint density at radius 1 is 1.25 bits per heavy atom. The molecule has 0 fully saturated rings. The van der Waals surface area contributed by atoms with Gasteiger partial charge in [0.25, 0.3) is 0 Å². The van der Waals surface area contributed by atoms with Crippen molar-refractivity contribution >= 4 is 35.4 Å². The molecule has 28 heavy (non-hydrogen) atoms. The SMILES string of the molecule is Cc1ncc(C[n+]2csc(CCO)c2C)c(N)n1.O=P(O)(O)O.O=S(=O)(O)O. The van der Waals surface area contributed by atoms with E-state index in [1.54, 1.807) is 17.5 Å². The molecule has 2 heterocycles. The number of nitrogens with two attached hydrogens (primary N) is 1. The molecule has 0 aliphatic heterocycles. The molecule has 0 saturated carbocycles. The number of anilines is 1. The molecule has 8 N–H and O–H groups in total. The molecule has 16 heteroatoms. The van der Waals surface area contributed by atoms with E-state index in [2.05, 4.69) is 14.5 Å². The minimum Gasteiger partial charge on any atom is -0.396 e. The molecule has 0 amide bonds. The zero-order valence-electron chi connectivity index (χ0n) is 14.9. The third-order valence-corrected chi connectivity index (χ3v) is 4.00. The first-order valence-electron chi connectivity index (χ1n) is 7.25. The minimum absolute atomic E-state index is 0.178. The van der Waals surface area contributed by atoms with E-state index in [1.807, 2.05) is 19.4 Å². The topological polar surface area (TPSA) is 228 Å². The van der Waals surface area contributed by atoms with E-state index in [1.165, 1.54) is 4.88 Å². The summed E-state index contributed by atoms with van der Waals surface area (Å²) < 4.78 is 42.6. The number of phosphoric acid groups is 1. The van der Waals surface area contributed by atoms with Gasteiger partial charge in [-0.2, -0.15) is 13.0 Å². The Balaban J connectivity index is 0.000000607. The molecular formula is C12H22N4O9PS2+. The highest BCUT2D eigenvalue weighted by Crippen LogP contribution is 2.25. The second-order valence-electron chi connectivity index (χ2n) is 5.12. The Morgan fingerprint density at radius 3 is 2.18 bits per heavy atom. The van der Waals surface area contributed by atoms with Crippen LogP contribution in [0.2, 0.25) is 0 Å². The van der Waals surface area contributed by atoms with Crippen LogP contribution in [0.15, 0.2) is 11.7 Å². The Bertz CT molecular complexity index is 898. The molecular weight excluding hydrogens is 439 g/mol. The third kappa shape index (κ3) is 13.6. The first-order chi connectivity index (χ1) is 12.6. The molecule has 13 nitrogen and oxygen atoms in total. The molecule has 0 bridgehead atoms. The first-order valence-corrected chi connectivity index (χ1v) is 11.1. The molecule has 0 aliphatic carbocycles. The molecule has 2 rings (SSSR count). The standard InChI is InChI=1S/C12H17N4OS.H3O4P.H2O4S/c1-8-11(3-4-17)18-7-16(8)6-10-5-14-9(2)15-12(10)13;2*1-5(2,3)4/h5,7,17H,3-4,6H2,1-2H3,(H2,13,14,15);(H3,1,2,3,4);(H2,1,2,3,4)/q+1;;. The predicted octanol–water partition coefficient (Wildman–Crippen LogP) is -0.974. The number of rotatable bonds is 4. The molecule has 160 valence electrons. The summed E-state index contributed by atoms with van der Waals surface area (Å²) in [4.78, 5) is 31.1. The third-order valence-electron chi connectivity index (χ3n) is 2.85. The number of aromatic nitrogens is 3. The molecule has 0 unspecified atom stereocenters. The number of aliphatic hydroxyl groups is 1. The van der Waals surface area contributed by atoms with Crippen molar-refractivity contribution in [3.63, 3.8) is 0 Å². The summed E-state index contributed by atoms with van der Waals surface area (Å²) in [6.07, 6.45) is 2.47. The summed E-state index contributed by atoms with van der Waals surface area (Å²) >= 11 is 1.65. The molecule has 2 aromatic heterocycles. The van der Waals surface area contributed by atoms with E-state index < -0.39 is 18.2 Å². The quantitative estimate of drug-likeness (QED) is 0.166. The maximum absolute atomic E-state index is 8.98. The molecule has 0 aromatic carbocycles. The summed E-state index contributed by atoms with van der Waals surface area (Å²) in [5, 5.41) is 8.98. The van der Waals surface area contributed by atoms with Crippen LogP contribution in [0.4, 0.5) is 5.82 Å². The van der Waals surface area contributed by atoms with Gasteiger partial charge >= 0.3 is 18.2 Å². The van der Waals surface area contributed by atoms with Crippen LogP contribution in [0.25, 0.3) is 0 Å². The lowest BCUT2D eigenvalue weighted by atomic mass is 10.2. The predicted molar refractivity (Wildman–Crippen MR) is 98.8 cm³/mol. The lowest BCUT2D eigenvalue weighted by Crippen LogP contribution is -2.35. The fraction of sp³-hybridized carbons (Fsp3) is 0.417. The van der Waals surface area contributed by atoms with E-state index in [0.29, 0.717) is 24.6 Å².